The molecule has 0 aliphatic rings. The zero-order chi connectivity index (χ0) is 13.7. The highest BCUT2D eigenvalue weighted by Crippen LogP contribution is 2.27. The van der Waals surface area contributed by atoms with Crippen LogP contribution in [-0.2, 0) is 4.74 Å². The van der Waals surface area contributed by atoms with Gasteiger partial charge >= 0.3 is 12.6 Å². The first-order valence-electron chi connectivity index (χ1n) is 4.85. The van der Waals surface area contributed by atoms with E-state index in [2.05, 4.69) is 4.74 Å². The summed E-state index contributed by atoms with van der Waals surface area (Å²) < 4.78 is 33.0. The number of nitrogens with zero attached hydrogens (tertiary/aromatic N) is 1. The number of benzene rings is 1. The Labute approximate surface area is 107 Å². The second-order valence-corrected chi connectivity index (χ2v) is 3.45. The van der Waals surface area contributed by atoms with E-state index in [1.54, 1.807) is 13.0 Å². The van der Waals surface area contributed by atoms with E-state index in [1.165, 1.54) is 0 Å². The summed E-state index contributed by atoms with van der Waals surface area (Å²) in [6.07, 6.45) is 0. The number of hydrogen-bond donors (Lipinski definition) is 0. The van der Waals surface area contributed by atoms with E-state index in [0.29, 0.717) is 0 Å². The molecule has 1 aromatic rings. The summed E-state index contributed by atoms with van der Waals surface area (Å²) in [5.41, 5.74) is -0.348. The van der Waals surface area contributed by atoms with Gasteiger partial charge in [-0.15, -0.1) is 0 Å². The van der Waals surface area contributed by atoms with Crippen molar-refractivity contribution in [3.8, 4) is 11.8 Å². The van der Waals surface area contributed by atoms with Crippen molar-refractivity contribution >= 4 is 17.6 Å². The quantitative estimate of drug-likeness (QED) is 0.793. The Bertz CT molecular complexity index is 500. The van der Waals surface area contributed by atoms with E-state index in [0.717, 1.165) is 12.1 Å². The van der Waals surface area contributed by atoms with E-state index in [4.69, 9.17) is 21.6 Å². The highest BCUT2D eigenvalue weighted by molar-refractivity contribution is 6.32. The molecule has 0 aliphatic carbocycles. The molecule has 1 aromatic carbocycles. The van der Waals surface area contributed by atoms with Crippen LogP contribution < -0.4 is 4.74 Å². The van der Waals surface area contributed by atoms with Gasteiger partial charge in [0.1, 0.15) is 11.8 Å². The molecule has 0 spiro atoms. The largest absolute Gasteiger partial charge is 0.462 e. The van der Waals surface area contributed by atoms with Gasteiger partial charge < -0.3 is 9.47 Å². The lowest BCUT2D eigenvalue weighted by Crippen LogP contribution is -2.09. The zero-order valence-corrected chi connectivity index (χ0v) is 10.0. The lowest BCUT2D eigenvalue weighted by molar-refractivity contribution is -0.0499. The Hall–Kier alpha value is -1.87. The standard InChI is InChI=1S/C11H8ClF2NO3/c1-2-17-10(16)7-3-6(18-11(13)14)4-9(12)8(7)5-15/h3-4,11H,2H2,1H3. The normalized spacial score (nSPS) is 10.0. The van der Waals surface area contributed by atoms with Gasteiger partial charge in [0, 0.05) is 6.07 Å². The summed E-state index contributed by atoms with van der Waals surface area (Å²) in [5.74, 6) is -1.13. The Morgan fingerprint density at radius 1 is 1.56 bits per heavy atom. The van der Waals surface area contributed by atoms with Gasteiger partial charge in [-0.2, -0.15) is 14.0 Å². The Morgan fingerprint density at radius 2 is 2.22 bits per heavy atom. The van der Waals surface area contributed by atoms with E-state index in [-0.39, 0.29) is 28.5 Å². The SMILES string of the molecule is CCOC(=O)c1cc(OC(F)F)cc(Cl)c1C#N. The molecule has 96 valence electrons. The van der Waals surface area contributed by atoms with E-state index >= 15 is 0 Å². The lowest BCUT2D eigenvalue weighted by atomic mass is 10.1. The number of esters is 1. The Morgan fingerprint density at radius 3 is 2.72 bits per heavy atom. The molecule has 0 aliphatic heterocycles. The van der Waals surface area contributed by atoms with Crippen molar-refractivity contribution in [1.82, 2.24) is 0 Å². The Kier molecular flexibility index (Phi) is 4.86. The second kappa shape index (κ2) is 6.17. The molecule has 18 heavy (non-hydrogen) atoms. The second-order valence-electron chi connectivity index (χ2n) is 3.04. The van der Waals surface area contributed by atoms with Crippen LogP contribution in [0.25, 0.3) is 0 Å². The maximum Gasteiger partial charge on any atom is 0.387 e. The number of ether oxygens (including phenoxy) is 2. The first-order valence-corrected chi connectivity index (χ1v) is 5.23. The maximum atomic E-state index is 12.1. The van der Waals surface area contributed by atoms with Crippen LogP contribution >= 0.6 is 11.6 Å². The summed E-state index contributed by atoms with van der Waals surface area (Å²) in [4.78, 5) is 11.5. The van der Waals surface area contributed by atoms with Crippen LogP contribution in [0.5, 0.6) is 5.75 Å². The number of nitriles is 1. The molecule has 7 heteroatoms. The smallest absolute Gasteiger partial charge is 0.387 e. The average molecular weight is 276 g/mol. The van der Waals surface area contributed by atoms with Crippen LogP contribution in [0.4, 0.5) is 8.78 Å². The van der Waals surface area contributed by atoms with Crippen molar-refractivity contribution in [3.05, 3.63) is 28.3 Å². The van der Waals surface area contributed by atoms with E-state index in [9.17, 15) is 13.6 Å². The number of rotatable bonds is 4. The molecule has 0 fully saturated rings. The number of carbonyl (C=O) groups excluding carboxylic acids is 1. The monoisotopic (exact) mass is 275 g/mol. The molecule has 0 heterocycles. The van der Waals surface area contributed by atoms with Crippen molar-refractivity contribution in [2.24, 2.45) is 0 Å². The average Bonchev–Trinajstić information content (AvgIpc) is 2.27. The van der Waals surface area contributed by atoms with Gasteiger partial charge in [0.05, 0.1) is 22.8 Å². The molecule has 0 bridgehead atoms. The highest BCUT2D eigenvalue weighted by atomic mass is 35.5. The first-order chi connectivity index (χ1) is 8.49. The number of halogens is 3. The minimum Gasteiger partial charge on any atom is -0.462 e. The Balaban J connectivity index is 3.24. The lowest BCUT2D eigenvalue weighted by Gasteiger charge is -2.09. The van der Waals surface area contributed by atoms with Gasteiger partial charge in [-0.1, -0.05) is 11.6 Å². The summed E-state index contributed by atoms with van der Waals surface area (Å²) in [7, 11) is 0. The fourth-order valence-electron chi connectivity index (χ4n) is 1.24. The van der Waals surface area contributed by atoms with E-state index < -0.39 is 12.6 Å². The minimum atomic E-state index is -3.05. The predicted molar refractivity (Wildman–Crippen MR) is 58.8 cm³/mol. The number of hydrogen-bond acceptors (Lipinski definition) is 4. The summed E-state index contributed by atoms with van der Waals surface area (Å²) in [6, 6.07) is 3.74. The van der Waals surface area contributed by atoms with E-state index in [1.807, 2.05) is 0 Å². The fourth-order valence-corrected chi connectivity index (χ4v) is 1.49. The summed E-state index contributed by atoms with van der Waals surface area (Å²) in [5, 5.41) is 8.70. The van der Waals surface area contributed by atoms with Crippen LogP contribution in [0.3, 0.4) is 0 Å². The van der Waals surface area contributed by atoms with Crippen molar-refractivity contribution in [2.45, 2.75) is 13.5 Å². The molecule has 0 radical (unpaired) electrons. The molecule has 4 nitrogen and oxygen atoms in total. The molecule has 0 saturated heterocycles. The predicted octanol–water partition coefficient (Wildman–Crippen LogP) is 2.99. The fraction of sp³-hybridized carbons (Fsp3) is 0.273. The van der Waals surface area contributed by atoms with Gasteiger partial charge in [-0.05, 0) is 13.0 Å². The van der Waals surface area contributed by atoms with Crippen molar-refractivity contribution in [2.75, 3.05) is 6.61 Å². The van der Waals surface area contributed by atoms with Crippen molar-refractivity contribution in [1.29, 1.82) is 5.26 Å². The molecule has 0 saturated carbocycles. The van der Waals surface area contributed by atoms with Crippen LogP contribution in [0, 0.1) is 11.3 Å². The number of alkyl halides is 2. The molecule has 0 unspecified atom stereocenters. The number of carbonyl (C=O) groups is 1. The van der Waals surface area contributed by atoms with Crippen LogP contribution in [-0.4, -0.2) is 19.2 Å². The minimum absolute atomic E-state index is 0.0846. The topological polar surface area (TPSA) is 59.3 Å². The van der Waals surface area contributed by atoms with Gasteiger partial charge in [-0.25, -0.2) is 4.79 Å². The third kappa shape index (κ3) is 3.31. The summed E-state index contributed by atoms with van der Waals surface area (Å²) in [6.45, 7) is -1.39. The maximum absolute atomic E-state index is 12.1. The van der Waals surface area contributed by atoms with Gasteiger partial charge in [-0.3, -0.25) is 0 Å². The first kappa shape index (κ1) is 14.2. The van der Waals surface area contributed by atoms with Crippen LogP contribution in [0.1, 0.15) is 22.8 Å². The third-order valence-corrected chi connectivity index (χ3v) is 2.19. The van der Waals surface area contributed by atoms with Crippen molar-refractivity contribution in [3.63, 3.8) is 0 Å². The third-order valence-electron chi connectivity index (χ3n) is 1.90. The van der Waals surface area contributed by atoms with Crippen LogP contribution in [0.2, 0.25) is 5.02 Å². The molecular weight excluding hydrogens is 268 g/mol. The molecular formula is C11H8ClF2NO3. The highest BCUT2D eigenvalue weighted by Gasteiger charge is 2.19. The molecule has 0 atom stereocenters. The van der Waals surface area contributed by atoms with Gasteiger partial charge in [0.15, 0.2) is 0 Å². The van der Waals surface area contributed by atoms with Crippen molar-refractivity contribution < 1.29 is 23.0 Å². The van der Waals surface area contributed by atoms with Crippen LogP contribution in [0.15, 0.2) is 12.1 Å². The van der Waals surface area contributed by atoms with Gasteiger partial charge in [0.25, 0.3) is 0 Å². The molecule has 0 aromatic heterocycles. The van der Waals surface area contributed by atoms with Gasteiger partial charge in [0.2, 0.25) is 0 Å². The summed E-state index contributed by atoms with van der Waals surface area (Å²) >= 11 is 5.71. The zero-order valence-electron chi connectivity index (χ0n) is 9.25. The molecule has 0 amide bonds. The molecule has 0 N–H and O–H groups in total. The molecule has 1 rings (SSSR count).